The molecular weight excluding hydrogens is 485 g/mol. The van der Waals surface area contributed by atoms with Crippen LogP contribution in [0.4, 0.5) is 9.18 Å². The second-order valence-corrected chi connectivity index (χ2v) is 9.86. The van der Waals surface area contributed by atoms with Crippen LogP contribution in [0.1, 0.15) is 48.0 Å². The molecule has 0 unspecified atom stereocenters. The fourth-order valence-corrected chi connectivity index (χ4v) is 5.79. The van der Waals surface area contributed by atoms with Gasteiger partial charge >= 0.3 is 6.03 Å². The van der Waals surface area contributed by atoms with Crippen molar-refractivity contribution < 1.29 is 24.3 Å². The molecule has 1 fully saturated rings. The van der Waals surface area contributed by atoms with Crippen LogP contribution in [0, 0.1) is 5.82 Å². The summed E-state index contributed by atoms with van der Waals surface area (Å²) in [7, 11) is 0. The molecular formula is C29H26FN5O3. The standard InChI is InChI=1S/C29H26FN5O3/c30-19-12-18-16-34(29(38)32-7-3-1-4-8-32)11-10-33-17-21(20(13-19)28(18)33)26-23(36)14-24(37)27(26)22-15-31-25-6-2-5-9-35(22)25/h2,5-6,9,12-13,15,17H,1,3-4,7-8,10-11,14,16H2/i10D2,11D2. The van der Waals surface area contributed by atoms with Gasteiger partial charge in [-0.1, -0.05) is 6.07 Å². The molecule has 4 aromatic rings. The van der Waals surface area contributed by atoms with Gasteiger partial charge in [0.15, 0.2) is 11.6 Å². The van der Waals surface area contributed by atoms with E-state index in [0.717, 1.165) is 40.9 Å². The summed E-state index contributed by atoms with van der Waals surface area (Å²) in [5.41, 5.74) is 1.50. The minimum Gasteiger partial charge on any atom is -0.345 e. The van der Waals surface area contributed by atoms with Gasteiger partial charge in [0.1, 0.15) is 11.5 Å². The molecule has 9 heteroatoms. The highest BCUT2D eigenvalue weighted by Crippen LogP contribution is 2.41. The number of allylic oxidation sites excluding steroid dienone is 2. The van der Waals surface area contributed by atoms with Crippen LogP contribution in [0.25, 0.3) is 27.7 Å². The largest absolute Gasteiger partial charge is 0.345 e. The Bertz CT molecular complexity index is 1870. The van der Waals surface area contributed by atoms with Crippen LogP contribution in [-0.2, 0) is 22.6 Å². The maximum atomic E-state index is 15.2. The quantitative estimate of drug-likeness (QED) is 0.373. The molecule has 3 aliphatic rings. The van der Waals surface area contributed by atoms with Gasteiger partial charge in [0.05, 0.1) is 34.9 Å². The molecule has 3 aromatic heterocycles. The van der Waals surface area contributed by atoms with Crippen LogP contribution in [-0.4, -0.2) is 60.9 Å². The number of amides is 2. The van der Waals surface area contributed by atoms with E-state index in [1.54, 1.807) is 28.8 Å². The number of aromatic nitrogens is 3. The number of aryl methyl sites for hydroxylation is 1. The van der Waals surface area contributed by atoms with Crippen LogP contribution in [0.3, 0.4) is 0 Å². The fraction of sp³-hybridized carbons (Fsp3) is 0.310. The van der Waals surface area contributed by atoms with Gasteiger partial charge in [-0.2, -0.15) is 0 Å². The van der Waals surface area contributed by atoms with E-state index in [1.807, 2.05) is 0 Å². The number of pyridine rings is 1. The third-order valence-corrected chi connectivity index (χ3v) is 7.51. The van der Waals surface area contributed by atoms with E-state index in [1.165, 1.54) is 17.3 Å². The molecule has 5 heterocycles. The molecule has 1 aromatic carbocycles. The number of halogens is 1. The highest BCUT2D eigenvalue weighted by atomic mass is 19.1. The summed E-state index contributed by atoms with van der Waals surface area (Å²) in [6.07, 6.45) is 6.53. The van der Waals surface area contributed by atoms with Crippen LogP contribution < -0.4 is 0 Å². The molecule has 2 amide bonds. The fourth-order valence-electron chi connectivity index (χ4n) is 5.79. The van der Waals surface area contributed by atoms with Crippen molar-refractivity contribution in [1.82, 2.24) is 23.8 Å². The number of hydrogen-bond donors (Lipinski definition) is 0. The predicted octanol–water partition coefficient (Wildman–Crippen LogP) is 4.30. The second kappa shape index (κ2) is 8.65. The van der Waals surface area contributed by atoms with Crippen molar-refractivity contribution in [3.63, 3.8) is 0 Å². The summed E-state index contributed by atoms with van der Waals surface area (Å²) < 4.78 is 53.8. The zero-order chi connectivity index (χ0) is 29.6. The number of Topliss-reactive ketones (excluding diaryl/α,β-unsaturated/α-hetero) is 2. The third-order valence-electron chi connectivity index (χ3n) is 7.51. The number of imidazole rings is 1. The van der Waals surface area contributed by atoms with Crippen LogP contribution in [0.2, 0.25) is 0 Å². The monoisotopic (exact) mass is 515 g/mol. The number of ketones is 2. The molecule has 0 atom stereocenters. The van der Waals surface area contributed by atoms with Gasteiger partial charge in [0.25, 0.3) is 0 Å². The summed E-state index contributed by atoms with van der Waals surface area (Å²) in [5.74, 6) is -1.64. The number of likely N-dealkylation sites (tertiary alicyclic amines) is 1. The van der Waals surface area contributed by atoms with Crippen LogP contribution >= 0.6 is 0 Å². The minimum absolute atomic E-state index is 0.00383. The Morgan fingerprint density at radius 2 is 1.82 bits per heavy atom. The number of nitrogens with zero attached hydrogens (tertiary/aromatic N) is 5. The van der Waals surface area contributed by atoms with Gasteiger partial charge < -0.3 is 14.4 Å². The SMILES string of the molecule is [2H]C1([2H])N(C(=O)N2CCCCC2)Cc2cc(F)cc3c(C4=C(c5cnc6ccccn56)C(=O)CC4=O)cn(c23)C1([2H])[2H]. The summed E-state index contributed by atoms with van der Waals surface area (Å²) in [5, 5.41) is 0.154. The lowest BCUT2D eigenvalue weighted by Crippen LogP contribution is -2.45. The first-order valence-electron chi connectivity index (χ1n) is 14.6. The van der Waals surface area contributed by atoms with Gasteiger partial charge in [-0.3, -0.25) is 14.0 Å². The first-order chi connectivity index (χ1) is 20.0. The Kier molecular flexibility index (Phi) is 4.30. The smallest absolute Gasteiger partial charge is 0.320 e. The normalized spacial score (nSPS) is 22.4. The zero-order valence-corrected chi connectivity index (χ0v) is 20.4. The summed E-state index contributed by atoms with van der Waals surface area (Å²) >= 11 is 0. The molecule has 192 valence electrons. The molecule has 2 aliphatic heterocycles. The van der Waals surface area contributed by atoms with Crippen molar-refractivity contribution >= 4 is 45.3 Å². The van der Waals surface area contributed by atoms with Crippen LogP contribution in [0.5, 0.6) is 0 Å². The number of urea groups is 1. The number of fused-ring (bicyclic) bond motifs is 1. The predicted molar refractivity (Wildman–Crippen MR) is 140 cm³/mol. The van der Waals surface area contributed by atoms with Gasteiger partial charge in [-0.25, -0.2) is 14.2 Å². The molecule has 1 saturated heterocycles. The van der Waals surface area contributed by atoms with E-state index < -0.39 is 42.8 Å². The summed E-state index contributed by atoms with van der Waals surface area (Å²) in [6, 6.07) is 6.96. The molecule has 0 bridgehead atoms. The average molecular weight is 516 g/mol. The number of benzene rings is 1. The Balaban J connectivity index is 1.47. The molecule has 7 rings (SSSR count). The molecule has 1 aliphatic carbocycles. The van der Waals surface area contributed by atoms with E-state index in [-0.39, 0.29) is 39.7 Å². The summed E-state index contributed by atoms with van der Waals surface area (Å²) in [6.45, 7) is -5.20. The van der Waals surface area contributed by atoms with E-state index in [9.17, 15) is 14.4 Å². The number of piperidine rings is 1. The lowest BCUT2D eigenvalue weighted by Gasteiger charge is -2.32. The number of hydrogen-bond acceptors (Lipinski definition) is 4. The highest BCUT2D eigenvalue weighted by molar-refractivity contribution is 6.51. The summed E-state index contributed by atoms with van der Waals surface area (Å²) in [4.78, 5) is 46.9. The molecule has 38 heavy (non-hydrogen) atoms. The molecule has 0 radical (unpaired) electrons. The van der Waals surface area contributed by atoms with E-state index in [4.69, 9.17) is 5.48 Å². The van der Waals surface area contributed by atoms with E-state index in [2.05, 4.69) is 4.98 Å². The lowest BCUT2D eigenvalue weighted by atomic mass is 9.98. The van der Waals surface area contributed by atoms with Gasteiger partial charge in [0.2, 0.25) is 0 Å². The van der Waals surface area contributed by atoms with Gasteiger partial charge in [-0.15, -0.1) is 0 Å². The van der Waals surface area contributed by atoms with Crippen molar-refractivity contribution in [3.05, 3.63) is 71.6 Å². The van der Waals surface area contributed by atoms with Crippen molar-refractivity contribution in [1.29, 1.82) is 0 Å². The van der Waals surface area contributed by atoms with Gasteiger partial charge in [0, 0.05) is 61.5 Å². The van der Waals surface area contributed by atoms with Crippen molar-refractivity contribution in [2.24, 2.45) is 0 Å². The van der Waals surface area contributed by atoms with Crippen molar-refractivity contribution in [3.8, 4) is 0 Å². The first kappa shape index (κ1) is 18.9. The maximum absolute atomic E-state index is 15.2. The molecule has 0 saturated carbocycles. The Morgan fingerprint density at radius 3 is 2.66 bits per heavy atom. The lowest BCUT2D eigenvalue weighted by molar-refractivity contribution is -0.119. The molecule has 0 spiro atoms. The zero-order valence-electron chi connectivity index (χ0n) is 24.4. The van der Waals surface area contributed by atoms with Crippen molar-refractivity contribution in [2.45, 2.75) is 38.7 Å². The Hall–Kier alpha value is -4.27. The average Bonchev–Trinajstić information content (AvgIpc) is 3.62. The Labute approximate surface area is 223 Å². The number of carbonyl (C=O) groups is 3. The minimum atomic E-state index is -2.85. The molecule has 8 nitrogen and oxygen atoms in total. The van der Waals surface area contributed by atoms with Crippen molar-refractivity contribution in [2.75, 3.05) is 19.6 Å². The third kappa shape index (κ3) is 3.48. The first-order valence-corrected chi connectivity index (χ1v) is 12.6. The highest BCUT2D eigenvalue weighted by Gasteiger charge is 2.36. The Morgan fingerprint density at radius 1 is 1.00 bits per heavy atom. The number of rotatable bonds is 2. The topological polar surface area (TPSA) is 79.9 Å². The van der Waals surface area contributed by atoms with E-state index in [0.29, 0.717) is 24.4 Å². The molecule has 0 N–H and O–H groups in total. The van der Waals surface area contributed by atoms with E-state index >= 15 is 4.39 Å². The van der Waals surface area contributed by atoms with Crippen LogP contribution in [0.15, 0.2) is 48.9 Å². The number of carbonyl (C=O) groups excluding carboxylic acids is 3. The van der Waals surface area contributed by atoms with Gasteiger partial charge in [-0.05, 0) is 49.1 Å². The second-order valence-electron chi connectivity index (χ2n) is 9.86. The maximum Gasteiger partial charge on any atom is 0.320 e.